The second kappa shape index (κ2) is 5.58. The smallest absolute Gasteiger partial charge is 0.258 e. The number of benzene rings is 1. The Morgan fingerprint density at radius 3 is 2.60 bits per heavy atom. The maximum absolute atomic E-state index is 12.0. The van der Waals surface area contributed by atoms with Crippen LogP contribution in [-0.2, 0) is 10.0 Å². The van der Waals surface area contributed by atoms with Crippen molar-refractivity contribution in [2.24, 2.45) is 5.14 Å². The van der Waals surface area contributed by atoms with Crippen molar-refractivity contribution >= 4 is 33.2 Å². The Balaban J connectivity index is 2.37. The number of rotatable bonds is 3. The molecule has 104 valence electrons. The summed E-state index contributed by atoms with van der Waals surface area (Å²) < 4.78 is 22.9. The molecule has 1 heterocycles. The van der Waals surface area contributed by atoms with Crippen molar-refractivity contribution in [2.45, 2.75) is 4.90 Å². The van der Waals surface area contributed by atoms with Crippen LogP contribution in [-0.4, -0.2) is 19.3 Å². The Labute approximate surface area is 120 Å². The van der Waals surface area contributed by atoms with Crippen LogP contribution in [0.4, 0.5) is 5.69 Å². The van der Waals surface area contributed by atoms with Crippen molar-refractivity contribution in [2.75, 3.05) is 5.32 Å². The SMILES string of the molecule is NS(=O)(=O)c1ccccc1NC(=O)c1cnccc1Cl. The van der Waals surface area contributed by atoms with E-state index in [9.17, 15) is 13.2 Å². The minimum Gasteiger partial charge on any atom is -0.321 e. The van der Waals surface area contributed by atoms with Crippen LogP contribution >= 0.6 is 11.6 Å². The molecule has 3 N–H and O–H groups in total. The Hall–Kier alpha value is -1.96. The number of aromatic nitrogens is 1. The molecule has 0 aliphatic carbocycles. The molecule has 1 amide bonds. The first-order valence-electron chi connectivity index (χ1n) is 5.42. The van der Waals surface area contributed by atoms with Crippen LogP contribution < -0.4 is 10.5 Å². The highest BCUT2D eigenvalue weighted by Crippen LogP contribution is 2.21. The fraction of sp³-hybridized carbons (Fsp3) is 0. The van der Waals surface area contributed by atoms with E-state index in [2.05, 4.69) is 10.3 Å². The Morgan fingerprint density at radius 1 is 1.25 bits per heavy atom. The van der Waals surface area contributed by atoms with Gasteiger partial charge in [0, 0.05) is 12.4 Å². The van der Waals surface area contributed by atoms with E-state index >= 15 is 0 Å². The van der Waals surface area contributed by atoms with Gasteiger partial charge in [-0.05, 0) is 18.2 Å². The maximum Gasteiger partial charge on any atom is 0.258 e. The number of primary sulfonamides is 1. The average Bonchev–Trinajstić information content (AvgIpc) is 2.38. The predicted octanol–water partition coefficient (Wildman–Crippen LogP) is 1.63. The molecule has 0 unspecified atom stereocenters. The molecule has 0 fully saturated rings. The molecule has 8 heteroatoms. The highest BCUT2D eigenvalue weighted by atomic mass is 35.5. The number of hydrogen-bond acceptors (Lipinski definition) is 4. The van der Waals surface area contributed by atoms with E-state index in [1.165, 1.54) is 36.7 Å². The minimum atomic E-state index is -3.93. The molecule has 0 saturated carbocycles. The molecule has 0 aliphatic heterocycles. The molecule has 0 aliphatic rings. The summed E-state index contributed by atoms with van der Waals surface area (Å²) in [5, 5.41) is 7.75. The lowest BCUT2D eigenvalue weighted by Crippen LogP contribution is -2.18. The zero-order valence-corrected chi connectivity index (χ0v) is 11.6. The van der Waals surface area contributed by atoms with E-state index in [0.29, 0.717) is 0 Å². The molecule has 0 bridgehead atoms. The summed E-state index contributed by atoms with van der Waals surface area (Å²) in [5.74, 6) is -0.570. The summed E-state index contributed by atoms with van der Waals surface area (Å²) in [6, 6.07) is 7.28. The van der Waals surface area contributed by atoms with E-state index in [1.807, 2.05) is 0 Å². The van der Waals surface area contributed by atoms with Gasteiger partial charge in [-0.2, -0.15) is 0 Å². The number of hydrogen-bond donors (Lipinski definition) is 2. The van der Waals surface area contributed by atoms with Crippen LogP contribution in [0, 0.1) is 0 Å². The fourth-order valence-electron chi connectivity index (χ4n) is 1.55. The minimum absolute atomic E-state index is 0.0833. The summed E-state index contributed by atoms with van der Waals surface area (Å²) >= 11 is 5.87. The highest BCUT2D eigenvalue weighted by Gasteiger charge is 2.17. The predicted molar refractivity (Wildman–Crippen MR) is 75.0 cm³/mol. The van der Waals surface area contributed by atoms with Crippen molar-refractivity contribution in [3.8, 4) is 0 Å². The number of nitrogens with one attached hydrogen (secondary N) is 1. The van der Waals surface area contributed by atoms with Gasteiger partial charge in [-0.25, -0.2) is 13.6 Å². The quantitative estimate of drug-likeness (QED) is 0.899. The van der Waals surface area contributed by atoms with Crippen molar-refractivity contribution in [3.05, 3.63) is 53.3 Å². The Kier molecular flexibility index (Phi) is 4.03. The summed E-state index contributed by atoms with van der Waals surface area (Å²) in [6.45, 7) is 0. The lowest BCUT2D eigenvalue weighted by atomic mass is 10.2. The standard InChI is InChI=1S/C12H10ClN3O3S/c13-9-5-6-15-7-8(9)12(17)16-10-3-1-2-4-11(10)20(14,18)19/h1-7H,(H,16,17)(H2,14,18,19). The van der Waals surface area contributed by atoms with E-state index in [4.69, 9.17) is 16.7 Å². The second-order valence-electron chi connectivity index (χ2n) is 3.85. The number of carbonyl (C=O) groups excluding carboxylic acids is 1. The molecule has 0 spiro atoms. The van der Waals surface area contributed by atoms with E-state index < -0.39 is 15.9 Å². The van der Waals surface area contributed by atoms with Gasteiger partial charge in [0.1, 0.15) is 4.90 Å². The molecule has 2 aromatic rings. The van der Waals surface area contributed by atoms with Gasteiger partial charge in [-0.1, -0.05) is 23.7 Å². The third kappa shape index (κ3) is 3.13. The summed E-state index contributed by atoms with van der Waals surface area (Å²) in [4.78, 5) is 15.7. The first-order chi connectivity index (χ1) is 9.39. The lowest BCUT2D eigenvalue weighted by molar-refractivity contribution is 0.102. The average molecular weight is 312 g/mol. The Morgan fingerprint density at radius 2 is 1.95 bits per heavy atom. The van der Waals surface area contributed by atoms with Gasteiger partial charge in [-0.15, -0.1) is 0 Å². The van der Waals surface area contributed by atoms with Crippen LogP contribution in [0.1, 0.15) is 10.4 Å². The first-order valence-corrected chi connectivity index (χ1v) is 7.34. The van der Waals surface area contributed by atoms with Crippen molar-refractivity contribution in [1.82, 2.24) is 4.98 Å². The lowest BCUT2D eigenvalue weighted by Gasteiger charge is -2.09. The van der Waals surface area contributed by atoms with Gasteiger partial charge >= 0.3 is 0 Å². The van der Waals surface area contributed by atoms with Crippen LogP contribution in [0.5, 0.6) is 0 Å². The number of nitrogens with two attached hydrogens (primary N) is 1. The largest absolute Gasteiger partial charge is 0.321 e. The molecule has 2 rings (SSSR count). The fourth-order valence-corrected chi connectivity index (χ4v) is 2.44. The van der Waals surface area contributed by atoms with Gasteiger partial charge < -0.3 is 5.32 Å². The maximum atomic E-state index is 12.0. The highest BCUT2D eigenvalue weighted by molar-refractivity contribution is 7.89. The number of anilines is 1. The monoisotopic (exact) mass is 311 g/mol. The van der Waals surface area contributed by atoms with Gasteiger partial charge in [0.2, 0.25) is 10.0 Å². The molecule has 0 radical (unpaired) electrons. The van der Waals surface area contributed by atoms with E-state index in [0.717, 1.165) is 0 Å². The zero-order chi connectivity index (χ0) is 14.8. The summed E-state index contributed by atoms with van der Waals surface area (Å²) in [6.07, 6.45) is 2.73. The van der Waals surface area contributed by atoms with Crippen molar-refractivity contribution in [1.29, 1.82) is 0 Å². The van der Waals surface area contributed by atoms with Crippen LogP contribution in [0.2, 0.25) is 5.02 Å². The molecule has 1 aromatic heterocycles. The number of carbonyl (C=O) groups is 1. The number of halogens is 1. The van der Waals surface area contributed by atoms with E-state index in [-0.39, 0.29) is 21.2 Å². The number of pyridine rings is 1. The summed E-state index contributed by atoms with van der Waals surface area (Å²) in [7, 11) is -3.93. The summed E-state index contributed by atoms with van der Waals surface area (Å²) in [5.41, 5.74) is 0.221. The molecule has 20 heavy (non-hydrogen) atoms. The number of nitrogens with zero attached hydrogens (tertiary/aromatic N) is 1. The van der Waals surface area contributed by atoms with Crippen LogP contribution in [0.15, 0.2) is 47.6 Å². The molecule has 0 atom stereocenters. The van der Waals surface area contributed by atoms with Crippen LogP contribution in [0.3, 0.4) is 0 Å². The Bertz CT molecular complexity index is 762. The zero-order valence-electron chi connectivity index (χ0n) is 10.1. The van der Waals surface area contributed by atoms with Crippen molar-refractivity contribution in [3.63, 3.8) is 0 Å². The van der Waals surface area contributed by atoms with Gasteiger partial charge in [0.25, 0.3) is 5.91 Å². The van der Waals surface area contributed by atoms with Crippen LogP contribution in [0.25, 0.3) is 0 Å². The van der Waals surface area contributed by atoms with Gasteiger partial charge in [0.05, 0.1) is 16.3 Å². The first kappa shape index (κ1) is 14.4. The van der Waals surface area contributed by atoms with Gasteiger partial charge in [0.15, 0.2) is 0 Å². The number of sulfonamides is 1. The second-order valence-corrected chi connectivity index (χ2v) is 5.79. The van der Waals surface area contributed by atoms with Gasteiger partial charge in [-0.3, -0.25) is 9.78 Å². The molecule has 0 saturated heterocycles. The van der Waals surface area contributed by atoms with E-state index in [1.54, 1.807) is 6.07 Å². The number of para-hydroxylation sites is 1. The number of amides is 1. The third-order valence-corrected chi connectivity index (χ3v) is 3.75. The molecule has 1 aromatic carbocycles. The normalized spacial score (nSPS) is 11.1. The molecular weight excluding hydrogens is 302 g/mol. The molecular formula is C12H10ClN3O3S. The topological polar surface area (TPSA) is 102 Å². The molecule has 6 nitrogen and oxygen atoms in total. The third-order valence-electron chi connectivity index (χ3n) is 2.45. The van der Waals surface area contributed by atoms with Crippen molar-refractivity contribution < 1.29 is 13.2 Å².